The first-order valence-electron chi connectivity index (χ1n) is 5.08. The molecule has 2 amide bonds. The minimum Gasteiger partial charge on any atom is -0.350 e. The van der Waals surface area contributed by atoms with Gasteiger partial charge >= 0.3 is 6.03 Å². The molecule has 2 aromatic rings. The van der Waals surface area contributed by atoms with Gasteiger partial charge in [0.2, 0.25) is 0 Å². The van der Waals surface area contributed by atoms with E-state index < -0.39 is 11.8 Å². The number of hydrogen-bond donors (Lipinski definition) is 2. The van der Waals surface area contributed by atoms with E-state index in [4.69, 9.17) is 5.73 Å². The molecule has 18 heavy (non-hydrogen) atoms. The van der Waals surface area contributed by atoms with Crippen LogP contribution in [0.15, 0.2) is 30.7 Å². The Balaban J connectivity index is 2.39. The summed E-state index contributed by atoms with van der Waals surface area (Å²) in [5.74, 6) is -0.495. The number of benzene rings is 1. The molecule has 7 heteroatoms. The summed E-state index contributed by atoms with van der Waals surface area (Å²) in [6, 6.07) is 3.48. The molecule has 0 aliphatic heterocycles. The van der Waals surface area contributed by atoms with Gasteiger partial charge in [-0.05, 0) is 19.1 Å². The van der Waals surface area contributed by atoms with Crippen molar-refractivity contribution >= 4 is 24.5 Å². The third-order valence-corrected chi connectivity index (χ3v) is 2.80. The topological polar surface area (TPSA) is 64.2 Å². The van der Waals surface area contributed by atoms with Crippen LogP contribution in [-0.2, 0) is 0 Å². The lowest BCUT2D eigenvalue weighted by molar-refractivity contribution is 0.257. The molecule has 0 atom stereocenters. The zero-order chi connectivity index (χ0) is 13.3. The number of nitrogens with two attached hydrogens (primary N) is 1. The van der Waals surface area contributed by atoms with Crippen LogP contribution in [0.3, 0.4) is 0 Å². The molecular weight excluding hydrogens is 255 g/mol. The number of urea groups is 1. The van der Waals surface area contributed by atoms with Gasteiger partial charge in [-0.15, -0.1) is 0 Å². The highest BCUT2D eigenvalue weighted by Gasteiger charge is 2.12. The molecule has 0 fully saturated rings. The first kappa shape index (κ1) is 12.4. The summed E-state index contributed by atoms with van der Waals surface area (Å²) in [6.07, 6.45) is 3.21. The lowest BCUT2D eigenvalue weighted by Crippen LogP contribution is -2.27. The van der Waals surface area contributed by atoms with Crippen LogP contribution >= 0.6 is 12.8 Å². The first-order valence-corrected chi connectivity index (χ1v) is 5.48. The maximum absolute atomic E-state index is 13.9. The number of hydrogen-bond acceptors (Lipinski definition) is 3. The number of carbonyl (C=O) groups is 1. The van der Waals surface area contributed by atoms with Crippen molar-refractivity contribution < 1.29 is 9.18 Å². The molecule has 0 saturated heterocycles. The zero-order valence-electron chi connectivity index (χ0n) is 9.54. The van der Waals surface area contributed by atoms with E-state index in [1.54, 1.807) is 16.8 Å². The highest BCUT2D eigenvalue weighted by atomic mass is 32.1. The van der Waals surface area contributed by atoms with Crippen molar-refractivity contribution in [3.63, 3.8) is 0 Å². The highest BCUT2D eigenvalue weighted by Crippen LogP contribution is 2.22. The summed E-state index contributed by atoms with van der Waals surface area (Å²) in [4.78, 5) is 14.9. The number of halogens is 1. The van der Waals surface area contributed by atoms with Gasteiger partial charge < -0.3 is 10.3 Å². The Morgan fingerprint density at radius 3 is 2.78 bits per heavy atom. The average Bonchev–Trinajstić information content (AvgIpc) is 2.74. The van der Waals surface area contributed by atoms with Crippen LogP contribution in [0.5, 0.6) is 0 Å². The summed E-state index contributed by atoms with van der Waals surface area (Å²) in [5, 5.41) is 0. The number of aromatic nitrogens is 2. The number of thiol groups is 1. The molecule has 2 rings (SSSR count). The van der Waals surface area contributed by atoms with Gasteiger partial charge in [0.25, 0.3) is 0 Å². The molecule has 0 radical (unpaired) electrons. The number of anilines is 1. The largest absolute Gasteiger partial charge is 0.350 e. The Morgan fingerprint density at radius 1 is 1.56 bits per heavy atom. The lowest BCUT2D eigenvalue weighted by atomic mass is 10.2. The normalized spacial score (nSPS) is 10.4. The van der Waals surface area contributed by atoms with Crippen LogP contribution in [0.1, 0.15) is 5.69 Å². The summed E-state index contributed by atoms with van der Waals surface area (Å²) >= 11 is 3.86. The fourth-order valence-corrected chi connectivity index (χ4v) is 1.64. The van der Waals surface area contributed by atoms with E-state index in [0.717, 1.165) is 10.00 Å². The molecule has 0 unspecified atom stereocenters. The second kappa shape index (κ2) is 4.69. The van der Waals surface area contributed by atoms with Crippen molar-refractivity contribution in [2.24, 2.45) is 5.73 Å². The van der Waals surface area contributed by atoms with Crippen LogP contribution in [0.4, 0.5) is 14.9 Å². The van der Waals surface area contributed by atoms with Gasteiger partial charge in [0.15, 0.2) is 0 Å². The van der Waals surface area contributed by atoms with E-state index >= 15 is 0 Å². The Hall–Kier alpha value is -2.02. The second-order valence-electron chi connectivity index (χ2n) is 3.71. The summed E-state index contributed by atoms with van der Waals surface area (Å²) in [6.45, 7) is 1.81. The smallest absolute Gasteiger partial charge is 0.329 e. The number of primary amides is 1. The molecule has 1 aromatic carbocycles. The summed E-state index contributed by atoms with van der Waals surface area (Å²) in [7, 11) is 0. The maximum atomic E-state index is 13.9. The SMILES string of the molecule is Cc1cn(-c2ccc(N(S)C(N)=O)cc2F)cn1. The third-order valence-electron chi connectivity index (χ3n) is 2.37. The van der Waals surface area contributed by atoms with Gasteiger partial charge in [-0.1, -0.05) is 12.8 Å². The number of rotatable bonds is 2. The minimum atomic E-state index is -0.774. The number of nitrogens with zero attached hydrogens (tertiary/aromatic N) is 3. The summed E-state index contributed by atoms with van der Waals surface area (Å²) < 4.78 is 16.3. The maximum Gasteiger partial charge on any atom is 0.329 e. The van der Waals surface area contributed by atoms with E-state index in [2.05, 4.69) is 17.8 Å². The fraction of sp³-hybridized carbons (Fsp3) is 0.0909. The molecule has 0 saturated carbocycles. The van der Waals surface area contributed by atoms with Gasteiger partial charge in [0, 0.05) is 12.3 Å². The van der Waals surface area contributed by atoms with Crippen molar-refractivity contribution in [1.29, 1.82) is 0 Å². The Kier molecular flexibility index (Phi) is 3.24. The molecule has 94 valence electrons. The quantitative estimate of drug-likeness (QED) is 0.817. The van der Waals surface area contributed by atoms with Gasteiger partial charge in [-0.2, -0.15) is 0 Å². The standard InChI is InChI=1S/C11H11FN4OS/c1-7-5-15(6-14-7)10-3-2-8(4-9(10)12)16(18)11(13)17/h2-6,18H,1H3,(H2,13,17). The molecule has 0 spiro atoms. The molecule has 0 bridgehead atoms. The third kappa shape index (κ3) is 2.30. The fourth-order valence-electron chi connectivity index (χ4n) is 1.52. The molecule has 2 N–H and O–H groups in total. The van der Waals surface area contributed by atoms with Crippen molar-refractivity contribution in [3.8, 4) is 5.69 Å². The van der Waals surface area contributed by atoms with Crippen LogP contribution in [-0.4, -0.2) is 15.6 Å². The predicted octanol–water partition coefficient (Wildman–Crippen LogP) is 2.05. The van der Waals surface area contributed by atoms with Gasteiger partial charge in [-0.25, -0.2) is 18.5 Å². The molecule has 5 nitrogen and oxygen atoms in total. The van der Waals surface area contributed by atoms with Gasteiger partial charge in [0.05, 0.1) is 23.4 Å². The van der Waals surface area contributed by atoms with E-state index in [9.17, 15) is 9.18 Å². The van der Waals surface area contributed by atoms with Crippen molar-refractivity contribution in [1.82, 2.24) is 9.55 Å². The van der Waals surface area contributed by atoms with E-state index in [-0.39, 0.29) is 5.69 Å². The number of carbonyl (C=O) groups excluding carboxylic acids is 1. The van der Waals surface area contributed by atoms with Crippen LogP contribution in [0.2, 0.25) is 0 Å². The monoisotopic (exact) mass is 266 g/mol. The zero-order valence-corrected chi connectivity index (χ0v) is 10.4. The second-order valence-corrected chi connectivity index (χ2v) is 4.11. The number of aryl methyl sites for hydroxylation is 1. The van der Waals surface area contributed by atoms with Crippen LogP contribution < -0.4 is 10.0 Å². The van der Waals surface area contributed by atoms with Gasteiger partial charge in [0.1, 0.15) is 5.82 Å². The van der Waals surface area contributed by atoms with Crippen molar-refractivity contribution in [3.05, 3.63) is 42.2 Å². The van der Waals surface area contributed by atoms with Crippen LogP contribution in [0.25, 0.3) is 5.69 Å². The summed E-state index contributed by atoms with van der Waals surface area (Å²) in [5.41, 5.74) is 6.43. The minimum absolute atomic E-state index is 0.268. The van der Waals surface area contributed by atoms with Gasteiger partial charge in [-0.3, -0.25) is 0 Å². The van der Waals surface area contributed by atoms with Crippen molar-refractivity contribution in [2.45, 2.75) is 6.92 Å². The number of amides is 2. The molecule has 0 aliphatic rings. The average molecular weight is 266 g/mol. The first-order chi connectivity index (χ1) is 8.49. The van der Waals surface area contributed by atoms with E-state index in [0.29, 0.717) is 5.69 Å². The Bertz CT molecular complexity index is 598. The van der Waals surface area contributed by atoms with E-state index in [1.165, 1.54) is 18.5 Å². The molecule has 0 aliphatic carbocycles. The van der Waals surface area contributed by atoms with Crippen molar-refractivity contribution in [2.75, 3.05) is 4.31 Å². The van der Waals surface area contributed by atoms with E-state index in [1.807, 2.05) is 6.92 Å². The lowest BCUT2D eigenvalue weighted by Gasteiger charge is -2.13. The molecular formula is C11H11FN4OS. The predicted molar refractivity (Wildman–Crippen MR) is 69.3 cm³/mol. The Labute approximate surface area is 109 Å². The Morgan fingerprint density at radius 2 is 2.28 bits per heavy atom. The number of imidazole rings is 1. The molecule has 1 aromatic heterocycles. The molecule has 1 heterocycles. The van der Waals surface area contributed by atoms with Crippen LogP contribution in [0, 0.1) is 12.7 Å². The highest BCUT2D eigenvalue weighted by molar-refractivity contribution is 7.82.